The van der Waals surface area contributed by atoms with E-state index in [4.69, 9.17) is 4.99 Å². The summed E-state index contributed by atoms with van der Waals surface area (Å²) in [6.45, 7) is 12.4. The number of thioether (sulfide) groups is 1. The Balaban J connectivity index is 0.00000338. The third-order valence-electron chi connectivity index (χ3n) is 4.58. The lowest BCUT2D eigenvalue weighted by Crippen LogP contribution is -2.40. The maximum absolute atomic E-state index is 4.78. The summed E-state index contributed by atoms with van der Waals surface area (Å²) in [5.74, 6) is 2.24. The Labute approximate surface area is 181 Å². The summed E-state index contributed by atoms with van der Waals surface area (Å²) < 4.78 is 0. The molecule has 0 bridgehead atoms. The molecule has 0 radical (unpaired) electrons. The predicted octanol–water partition coefficient (Wildman–Crippen LogP) is 4.10. The Morgan fingerprint density at radius 3 is 2.62 bits per heavy atom. The van der Waals surface area contributed by atoms with Crippen LogP contribution in [0.4, 0.5) is 0 Å². The minimum atomic E-state index is 0. The SMILES string of the molecule is CCNC(=NCc1cccc(CN(CC)CC)c1)NCC1CCCS1.I. The van der Waals surface area contributed by atoms with Gasteiger partial charge in [0.05, 0.1) is 6.54 Å². The molecule has 6 heteroatoms. The van der Waals surface area contributed by atoms with Crippen molar-refractivity contribution in [2.24, 2.45) is 4.99 Å². The van der Waals surface area contributed by atoms with Crippen molar-refractivity contribution in [3.63, 3.8) is 0 Å². The topological polar surface area (TPSA) is 39.7 Å². The zero-order valence-electron chi connectivity index (χ0n) is 16.5. The third kappa shape index (κ3) is 8.48. The Morgan fingerprint density at radius 2 is 1.96 bits per heavy atom. The Kier molecular flexibility index (Phi) is 12.4. The minimum Gasteiger partial charge on any atom is -0.357 e. The number of nitrogens with zero attached hydrogens (tertiary/aromatic N) is 2. The van der Waals surface area contributed by atoms with Gasteiger partial charge in [0, 0.05) is 24.9 Å². The predicted molar refractivity (Wildman–Crippen MR) is 127 cm³/mol. The van der Waals surface area contributed by atoms with Gasteiger partial charge >= 0.3 is 0 Å². The molecular formula is C20H35IN4S. The highest BCUT2D eigenvalue weighted by Crippen LogP contribution is 2.25. The van der Waals surface area contributed by atoms with Crippen molar-refractivity contribution in [3.8, 4) is 0 Å². The molecular weight excluding hydrogens is 455 g/mol. The van der Waals surface area contributed by atoms with Crippen molar-refractivity contribution < 1.29 is 0 Å². The lowest BCUT2D eigenvalue weighted by molar-refractivity contribution is 0.296. The zero-order chi connectivity index (χ0) is 17.9. The van der Waals surface area contributed by atoms with Crippen LogP contribution in [0.25, 0.3) is 0 Å². The van der Waals surface area contributed by atoms with Crippen LogP contribution in [-0.4, -0.2) is 48.0 Å². The van der Waals surface area contributed by atoms with Crippen LogP contribution in [0.5, 0.6) is 0 Å². The van der Waals surface area contributed by atoms with E-state index in [2.05, 4.69) is 72.3 Å². The molecule has 0 aliphatic carbocycles. The molecule has 0 spiro atoms. The highest BCUT2D eigenvalue weighted by Gasteiger charge is 2.15. The Bertz CT molecular complexity index is 528. The maximum Gasteiger partial charge on any atom is 0.191 e. The number of hydrogen-bond acceptors (Lipinski definition) is 3. The van der Waals surface area contributed by atoms with Crippen molar-refractivity contribution in [1.82, 2.24) is 15.5 Å². The normalized spacial score (nSPS) is 17.2. The van der Waals surface area contributed by atoms with E-state index in [1.54, 1.807) is 0 Å². The average molecular weight is 490 g/mol. The van der Waals surface area contributed by atoms with Crippen LogP contribution < -0.4 is 10.6 Å². The van der Waals surface area contributed by atoms with Crippen LogP contribution in [0, 0.1) is 0 Å². The standard InChI is InChI=1S/C20H34N4S.HI/c1-4-21-20(23-15-19-11-8-12-25-19)22-14-17-9-7-10-18(13-17)16-24(5-2)6-3;/h7,9-10,13,19H,4-6,8,11-12,14-16H2,1-3H3,(H2,21,22,23);1H. The quantitative estimate of drug-likeness (QED) is 0.311. The van der Waals surface area contributed by atoms with Gasteiger partial charge < -0.3 is 10.6 Å². The van der Waals surface area contributed by atoms with E-state index in [1.165, 1.54) is 29.7 Å². The molecule has 2 N–H and O–H groups in total. The second kappa shape index (κ2) is 13.7. The molecule has 1 atom stereocenters. The monoisotopic (exact) mass is 490 g/mol. The van der Waals surface area contributed by atoms with Gasteiger partial charge in [-0.2, -0.15) is 11.8 Å². The van der Waals surface area contributed by atoms with Gasteiger partial charge in [-0.15, -0.1) is 24.0 Å². The molecule has 1 unspecified atom stereocenters. The van der Waals surface area contributed by atoms with E-state index in [0.29, 0.717) is 0 Å². The molecule has 148 valence electrons. The van der Waals surface area contributed by atoms with Crippen molar-refractivity contribution >= 4 is 41.7 Å². The highest BCUT2D eigenvalue weighted by molar-refractivity contribution is 14.0. The molecule has 0 aromatic heterocycles. The fourth-order valence-electron chi connectivity index (χ4n) is 3.06. The van der Waals surface area contributed by atoms with E-state index in [-0.39, 0.29) is 24.0 Å². The van der Waals surface area contributed by atoms with Gasteiger partial charge in [-0.25, -0.2) is 4.99 Å². The number of aliphatic imine (C=N–C) groups is 1. The third-order valence-corrected chi connectivity index (χ3v) is 5.98. The van der Waals surface area contributed by atoms with E-state index in [9.17, 15) is 0 Å². The zero-order valence-corrected chi connectivity index (χ0v) is 19.6. The summed E-state index contributed by atoms with van der Waals surface area (Å²) in [6.07, 6.45) is 2.68. The van der Waals surface area contributed by atoms with Crippen molar-refractivity contribution in [2.75, 3.05) is 31.9 Å². The molecule has 1 aliphatic heterocycles. The van der Waals surface area contributed by atoms with E-state index in [1.807, 2.05) is 0 Å². The number of nitrogens with one attached hydrogen (secondary N) is 2. The molecule has 1 aromatic carbocycles. The molecule has 1 heterocycles. The fraction of sp³-hybridized carbons (Fsp3) is 0.650. The molecule has 1 saturated heterocycles. The first-order valence-electron chi connectivity index (χ1n) is 9.69. The summed E-state index contributed by atoms with van der Waals surface area (Å²) in [6, 6.07) is 8.83. The van der Waals surface area contributed by atoms with Gasteiger partial charge in [-0.05, 0) is 49.7 Å². The fourth-order valence-corrected chi connectivity index (χ4v) is 4.26. The molecule has 4 nitrogen and oxygen atoms in total. The maximum atomic E-state index is 4.78. The Hall–Kier alpha value is -0.470. The molecule has 1 fully saturated rings. The number of guanidine groups is 1. The average Bonchev–Trinajstić information content (AvgIpc) is 3.16. The van der Waals surface area contributed by atoms with Crippen LogP contribution >= 0.6 is 35.7 Å². The number of hydrogen-bond donors (Lipinski definition) is 2. The first kappa shape index (κ1) is 23.6. The number of rotatable bonds is 9. The van der Waals surface area contributed by atoms with Crippen LogP contribution in [0.2, 0.25) is 0 Å². The van der Waals surface area contributed by atoms with Crippen molar-refractivity contribution in [1.29, 1.82) is 0 Å². The van der Waals surface area contributed by atoms with Gasteiger partial charge in [0.2, 0.25) is 0 Å². The Morgan fingerprint density at radius 1 is 1.19 bits per heavy atom. The first-order valence-corrected chi connectivity index (χ1v) is 10.7. The van der Waals surface area contributed by atoms with E-state index in [0.717, 1.165) is 50.5 Å². The number of benzene rings is 1. The van der Waals surface area contributed by atoms with Crippen LogP contribution in [0.15, 0.2) is 29.3 Å². The highest BCUT2D eigenvalue weighted by atomic mass is 127. The van der Waals surface area contributed by atoms with Gasteiger partial charge in [0.1, 0.15) is 0 Å². The molecule has 1 aliphatic rings. The molecule has 1 aromatic rings. The summed E-state index contributed by atoms with van der Waals surface area (Å²) >= 11 is 2.08. The van der Waals surface area contributed by atoms with Crippen LogP contribution in [0.3, 0.4) is 0 Å². The smallest absolute Gasteiger partial charge is 0.191 e. The van der Waals surface area contributed by atoms with Crippen LogP contribution in [-0.2, 0) is 13.1 Å². The summed E-state index contributed by atoms with van der Waals surface area (Å²) in [7, 11) is 0. The lowest BCUT2D eigenvalue weighted by Gasteiger charge is -2.18. The summed E-state index contributed by atoms with van der Waals surface area (Å²) in [5.41, 5.74) is 2.65. The molecule has 0 saturated carbocycles. The van der Waals surface area contributed by atoms with Crippen molar-refractivity contribution in [3.05, 3.63) is 35.4 Å². The summed E-state index contributed by atoms with van der Waals surface area (Å²) in [5, 5.41) is 7.61. The number of halogens is 1. The van der Waals surface area contributed by atoms with Gasteiger partial charge in [-0.3, -0.25) is 4.90 Å². The van der Waals surface area contributed by atoms with Crippen LogP contribution in [0.1, 0.15) is 44.7 Å². The first-order chi connectivity index (χ1) is 12.2. The molecule has 0 amide bonds. The van der Waals surface area contributed by atoms with Gasteiger partial charge in [0.25, 0.3) is 0 Å². The minimum absolute atomic E-state index is 0. The van der Waals surface area contributed by atoms with Gasteiger partial charge in [-0.1, -0.05) is 38.1 Å². The summed E-state index contributed by atoms with van der Waals surface area (Å²) in [4.78, 5) is 7.21. The molecule has 26 heavy (non-hydrogen) atoms. The van der Waals surface area contributed by atoms with Crippen molar-refractivity contribution in [2.45, 2.75) is 52.0 Å². The second-order valence-electron chi connectivity index (χ2n) is 6.49. The van der Waals surface area contributed by atoms with E-state index >= 15 is 0 Å². The largest absolute Gasteiger partial charge is 0.357 e. The van der Waals surface area contributed by atoms with Gasteiger partial charge in [0.15, 0.2) is 5.96 Å². The van der Waals surface area contributed by atoms with E-state index < -0.39 is 0 Å². The second-order valence-corrected chi connectivity index (χ2v) is 7.90. The molecule has 2 rings (SSSR count). The lowest BCUT2D eigenvalue weighted by atomic mass is 10.1.